The van der Waals surface area contributed by atoms with Gasteiger partial charge in [-0.15, -0.1) is 0 Å². The Morgan fingerprint density at radius 1 is 0.465 bits per heavy atom. The minimum absolute atomic E-state index is 0.0216. The van der Waals surface area contributed by atoms with E-state index in [9.17, 15) is 82.4 Å². The summed E-state index contributed by atoms with van der Waals surface area (Å²) in [7, 11) is 0. The maximum atomic E-state index is 14.5. The Labute approximate surface area is 573 Å². The van der Waals surface area contributed by atoms with Gasteiger partial charge in [0.15, 0.2) is 0 Å². The molecular weight excluding hydrogens is 1290 g/mol. The highest BCUT2D eigenvalue weighted by atomic mass is 16.4. The number of aliphatic carboxylic acids is 1. The summed E-state index contributed by atoms with van der Waals surface area (Å²) < 4.78 is 0. The molecule has 0 unspecified atom stereocenters. The average molecular weight is 1390 g/mol. The molecule has 0 radical (unpaired) electrons. The van der Waals surface area contributed by atoms with Crippen molar-refractivity contribution in [2.24, 2.45) is 46.4 Å². The number of nitrogens with two attached hydrogens (primary N) is 5. The molecule has 548 valence electrons. The molecule has 0 fully saturated rings. The maximum Gasteiger partial charge on any atom is 0.325 e. The van der Waals surface area contributed by atoms with Gasteiger partial charge in [-0.3, -0.25) is 67.1 Å². The van der Waals surface area contributed by atoms with Gasteiger partial charge in [0.25, 0.3) is 0 Å². The number of H-pyrrole nitrogens is 1. The molecule has 3 aromatic rings. The molecule has 0 spiro atoms. The number of aliphatic hydroxyl groups excluding tert-OH is 2. The zero-order valence-corrected chi connectivity index (χ0v) is 56.8. The number of carboxylic acids is 1. The van der Waals surface area contributed by atoms with Crippen LogP contribution in [0.3, 0.4) is 0 Å². The number of rotatable bonds is 44. The number of benzene rings is 2. The number of carbonyl (C=O) groups is 14. The molecular formula is C64H100N18O17. The van der Waals surface area contributed by atoms with E-state index in [0.717, 1.165) is 0 Å². The first kappa shape index (κ1) is 83.5. The van der Waals surface area contributed by atoms with Crippen LogP contribution in [-0.2, 0) is 80.0 Å². The van der Waals surface area contributed by atoms with Gasteiger partial charge in [-0.05, 0) is 87.2 Å². The normalized spacial score (nSPS) is 15.2. The Balaban J connectivity index is 1.87. The molecule has 0 saturated carbocycles. The second-order valence-corrected chi connectivity index (χ2v) is 24.6. The topological polar surface area (TPSA) is 590 Å². The first-order valence-electron chi connectivity index (χ1n) is 32.6. The number of aliphatic hydroxyl groups is 2. The number of primary amides is 1. The van der Waals surface area contributed by atoms with Crippen LogP contribution in [0.4, 0.5) is 0 Å². The van der Waals surface area contributed by atoms with Crippen molar-refractivity contribution in [3.05, 3.63) is 71.9 Å². The fraction of sp³-hybridized carbons (Fsp3) is 0.562. The number of carboxylic acid groups (broad SMARTS) is 1. The number of fused-ring (bicyclic) bond motifs is 1. The zero-order valence-electron chi connectivity index (χ0n) is 56.8. The van der Waals surface area contributed by atoms with Crippen molar-refractivity contribution in [2.45, 2.75) is 172 Å². The smallest absolute Gasteiger partial charge is 0.325 e. The summed E-state index contributed by atoms with van der Waals surface area (Å²) in [6, 6.07) is -2.36. The Hall–Kier alpha value is -9.68. The lowest BCUT2D eigenvalue weighted by Crippen LogP contribution is -2.62. The van der Waals surface area contributed by atoms with Crippen LogP contribution in [0.5, 0.6) is 0 Å². The lowest BCUT2D eigenvalue weighted by atomic mass is 9.96. The molecule has 3 rings (SSSR count). The molecule has 0 aliphatic heterocycles. The molecule has 99 heavy (non-hydrogen) atoms. The minimum Gasteiger partial charge on any atom is -0.480 e. The average Bonchev–Trinajstić information content (AvgIpc) is 1.75. The fourth-order valence-corrected chi connectivity index (χ4v) is 9.88. The van der Waals surface area contributed by atoms with E-state index in [1.54, 1.807) is 102 Å². The number of para-hydroxylation sites is 1. The van der Waals surface area contributed by atoms with Crippen LogP contribution in [0.1, 0.15) is 98.1 Å². The van der Waals surface area contributed by atoms with Gasteiger partial charge < -0.3 is 113 Å². The van der Waals surface area contributed by atoms with Crippen molar-refractivity contribution in [2.75, 3.05) is 39.4 Å². The number of aromatic nitrogens is 1. The maximum absolute atomic E-state index is 14.5. The summed E-state index contributed by atoms with van der Waals surface area (Å²) in [6.07, 6.45) is -0.0563. The molecule has 0 bridgehead atoms. The Morgan fingerprint density at radius 3 is 1.38 bits per heavy atom. The molecule has 1 heterocycles. The SMILES string of the molecule is CC[C@H](C)[C@@H](NC(=O)[C@@H](NC(=O)[C@H](CCC(N)=O)NC(=O)[C@H](Cc1ccccc1)NC(=O)[C@@H](CCN)NC(=O)[C@H](CCN)NC(=O)[C@H](CO)NC(=O)[C@@H](Cc1c[nH]c2ccccc12)NC(=O)[C@@H](CO)NC(=O)CNC(=O)[C@@H](CCN)NC(=O)[C@H](N)C(C)C)C(C)C)C(=O)N[C@@H](C)C(=O)O. The predicted octanol–water partition coefficient (Wildman–Crippen LogP) is -6.51. The Kier molecular flexibility index (Phi) is 35.6. The number of nitrogens with one attached hydrogen (secondary N) is 13. The summed E-state index contributed by atoms with van der Waals surface area (Å²) in [5, 5.41) is 60.4. The number of aromatic amines is 1. The van der Waals surface area contributed by atoms with E-state index >= 15 is 0 Å². The first-order chi connectivity index (χ1) is 46.8. The van der Waals surface area contributed by atoms with Crippen LogP contribution in [0.15, 0.2) is 60.8 Å². The number of carbonyl (C=O) groups excluding carboxylic acids is 13. The standard InChI is InChI=1S/C64H100N18O17/c1-8-34(6)52(63(97)72-35(7)64(98)99)82-62(96)51(33(4)5)81-56(90)40(18-19-48(68)85)74-57(91)44(26-36-14-10-9-11-15-36)78-55(89)43(22-25-67)75-54(88)42(21-24-66)76-60(94)47(31-84)80-58(92)45(27-37-28-70-39-17-13-12-16-38(37)39)79-59(93)46(30-83)73-49(86)29-71-53(87)41(20-23-65)77-61(95)50(69)32(2)3/h9-17,28,32-35,40-47,50-52,70,83-84H,8,18-27,29-31,65-67,69H2,1-7H3,(H2,68,85)(H,71,87)(H,72,97)(H,73,86)(H,74,91)(H,75,88)(H,76,94)(H,77,95)(H,78,89)(H,79,93)(H,80,92)(H,81,90)(H,82,96)(H,98,99)/t34-,35-,40-,41+,42-,43+,44-,45+,46+,47-,50+,51-,52+/m0/s1. The fourth-order valence-electron chi connectivity index (χ4n) is 9.88. The molecule has 26 N–H and O–H groups in total. The lowest BCUT2D eigenvalue weighted by molar-refractivity contribution is -0.142. The van der Waals surface area contributed by atoms with Crippen molar-refractivity contribution < 1.29 is 82.4 Å². The van der Waals surface area contributed by atoms with E-state index in [4.69, 9.17) is 28.7 Å². The lowest BCUT2D eigenvalue weighted by Gasteiger charge is -2.30. The second-order valence-electron chi connectivity index (χ2n) is 24.6. The second kappa shape index (κ2) is 42.2. The van der Waals surface area contributed by atoms with Crippen LogP contribution >= 0.6 is 0 Å². The molecule has 1 aromatic heterocycles. The van der Waals surface area contributed by atoms with Gasteiger partial charge >= 0.3 is 5.97 Å². The van der Waals surface area contributed by atoms with Gasteiger partial charge in [0.1, 0.15) is 66.5 Å². The van der Waals surface area contributed by atoms with Crippen LogP contribution in [-0.4, -0.2) is 215 Å². The van der Waals surface area contributed by atoms with Gasteiger partial charge in [-0.2, -0.15) is 0 Å². The molecule has 0 aliphatic carbocycles. The quantitative estimate of drug-likeness (QED) is 0.0250. The van der Waals surface area contributed by atoms with Crippen molar-refractivity contribution in [3.63, 3.8) is 0 Å². The van der Waals surface area contributed by atoms with E-state index in [-0.39, 0.29) is 57.7 Å². The monoisotopic (exact) mass is 1390 g/mol. The van der Waals surface area contributed by atoms with Gasteiger partial charge in [0, 0.05) is 36.4 Å². The van der Waals surface area contributed by atoms with E-state index in [1.165, 1.54) is 6.92 Å². The van der Waals surface area contributed by atoms with Gasteiger partial charge in [-0.1, -0.05) is 96.5 Å². The summed E-state index contributed by atoms with van der Waals surface area (Å²) in [5.41, 5.74) is 30.5. The summed E-state index contributed by atoms with van der Waals surface area (Å²) in [4.78, 5) is 192. The van der Waals surface area contributed by atoms with E-state index in [0.29, 0.717) is 28.5 Å². The largest absolute Gasteiger partial charge is 0.480 e. The minimum atomic E-state index is -1.85. The highest BCUT2D eigenvalue weighted by Crippen LogP contribution is 2.20. The summed E-state index contributed by atoms with van der Waals surface area (Å²) >= 11 is 0. The molecule has 35 nitrogen and oxygen atoms in total. The van der Waals surface area contributed by atoms with E-state index in [1.807, 2.05) is 0 Å². The van der Waals surface area contributed by atoms with E-state index < -0.39 is 200 Å². The van der Waals surface area contributed by atoms with Crippen molar-refractivity contribution in [1.82, 2.24) is 68.8 Å². The van der Waals surface area contributed by atoms with Gasteiger partial charge in [0.05, 0.1) is 25.8 Å². The zero-order chi connectivity index (χ0) is 74.2. The highest BCUT2D eigenvalue weighted by molar-refractivity contribution is 6.00. The Morgan fingerprint density at radius 2 is 0.889 bits per heavy atom. The molecule has 0 aliphatic rings. The van der Waals surface area contributed by atoms with E-state index in [2.05, 4.69) is 68.8 Å². The third-order valence-electron chi connectivity index (χ3n) is 16.1. The number of hydrogen-bond donors (Lipinski definition) is 21. The third kappa shape index (κ3) is 27.3. The highest BCUT2D eigenvalue weighted by Gasteiger charge is 2.38. The number of amides is 13. The summed E-state index contributed by atoms with van der Waals surface area (Å²) in [5.74, 6) is -15.0. The Bertz CT molecular complexity index is 3240. The van der Waals surface area contributed by atoms with Crippen molar-refractivity contribution >= 4 is 93.7 Å². The molecule has 2 aromatic carbocycles. The van der Waals surface area contributed by atoms with Crippen LogP contribution in [0.25, 0.3) is 10.9 Å². The van der Waals surface area contributed by atoms with Gasteiger partial charge in [0.2, 0.25) is 76.8 Å². The molecule has 13 atom stereocenters. The van der Waals surface area contributed by atoms with Crippen molar-refractivity contribution in [3.8, 4) is 0 Å². The van der Waals surface area contributed by atoms with Crippen molar-refractivity contribution in [1.29, 1.82) is 0 Å². The van der Waals surface area contributed by atoms with Crippen LogP contribution in [0, 0.1) is 17.8 Å². The summed E-state index contributed by atoms with van der Waals surface area (Å²) in [6.45, 7) is 7.82. The van der Waals surface area contributed by atoms with Gasteiger partial charge in [-0.25, -0.2) is 0 Å². The molecule has 0 saturated heterocycles. The number of hydrogen-bond acceptors (Lipinski definition) is 20. The molecule has 35 heteroatoms. The predicted molar refractivity (Wildman–Crippen MR) is 360 cm³/mol. The van der Waals surface area contributed by atoms with Crippen LogP contribution in [0.2, 0.25) is 0 Å². The third-order valence-corrected chi connectivity index (χ3v) is 16.1. The molecule has 13 amide bonds. The first-order valence-corrected chi connectivity index (χ1v) is 32.6. The van der Waals surface area contributed by atoms with Crippen LogP contribution < -0.4 is 92.5 Å².